The number of aromatic amines is 1. The molecule has 0 saturated carbocycles. The first-order valence-corrected chi connectivity index (χ1v) is 12.0. The summed E-state index contributed by atoms with van der Waals surface area (Å²) in [6.07, 6.45) is 3.00. The van der Waals surface area contributed by atoms with E-state index < -0.39 is 0 Å². The second kappa shape index (κ2) is 9.98. The highest BCUT2D eigenvalue weighted by molar-refractivity contribution is 6.33. The average Bonchev–Trinajstić information content (AvgIpc) is 3.53. The first-order chi connectivity index (χ1) is 17.4. The number of hydrogen-bond donors (Lipinski definition) is 3. The Bertz CT molecular complexity index is 1330. The van der Waals surface area contributed by atoms with Gasteiger partial charge in [0, 0.05) is 42.9 Å². The number of carbonyl (C=O) groups is 3. The van der Waals surface area contributed by atoms with E-state index in [2.05, 4.69) is 25.8 Å². The molecule has 1 fully saturated rings. The van der Waals surface area contributed by atoms with Gasteiger partial charge in [0.25, 0.3) is 5.91 Å². The van der Waals surface area contributed by atoms with E-state index >= 15 is 0 Å². The van der Waals surface area contributed by atoms with E-state index in [1.165, 1.54) is 13.3 Å². The summed E-state index contributed by atoms with van der Waals surface area (Å²) in [5.41, 5.74) is 4.24. The number of nitrogens with one attached hydrogen (secondary N) is 3. The summed E-state index contributed by atoms with van der Waals surface area (Å²) >= 11 is 6.25. The number of benzene rings is 1. The van der Waals surface area contributed by atoms with Gasteiger partial charge < -0.3 is 20.3 Å². The monoisotopic (exact) mass is 508 g/mol. The minimum atomic E-state index is -0.199. The van der Waals surface area contributed by atoms with Crippen LogP contribution in [0.25, 0.3) is 11.3 Å². The Kier molecular flexibility index (Phi) is 6.60. The molecule has 0 aliphatic carbocycles. The molecule has 4 heterocycles. The Morgan fingerprint density at radius 1 is 1.22 bits per heavy atom. The van der Waals surface area contributed by atoms with Gasteiger partial charge >= 0.3 is 0 Å². The lowest BCUT2D eigenvalue weighted by atomic mass is 9.95. The van der Waals surface area contributed by atoms with E-state index in [4.69, 9.17) is 16.3 Å². The number of carbonyl (C=O) groups excluding carboxylic acids is 3. The number of methoxy groups -OCH3 is 1. The van der Waals surface area contributed by atoms with Gasteiger partial charge in [0.2, 0.25) is 17.7 Å². The highest BCUT2D eigenvalue weighted by atomic mass is 35.5. The zero-order chi connectivity index (χ0) is 25.2. The van der Waals surface area contributed by atoms with Gasteiger partial charge in [-0.15, -0.1) is 0 Å². The van der Waals surface area contributed by atoms with Crippen molar-refractivity contribution in [3.63, 3.8) is 0 Å². The van der Waals surface area contributed by atoms with Crippen LogP contribution in [0.15, 0.2) is 36.5 Å². The standard InChI is InChI=1S/C25H25ClN6O4/c1-36-23-10-17(18(26)13-27-23)20-11-21(31-30-20)25(35)32-6-4-15(5-7-32)24(34)28-12-14-2-3-19-16(8-14)9-22(33)29-19/h2-3,8,10-11,13,15H,4-7,9,12H2,1H3,(H,28,34)(H,29,33)(H,30,31). The van der Waals surface area contributed by atoms with Crippen molar-refractivity contribution in [3.8, 4) is 17.1 Å². The largest absolute Gasteiger partial charge is 0.481 e. The van der Waals surface area contributed by atoms with Crippen molar-refractivity contribution in [1.29, 1.82) is 0 Å². The highest BCUT2D eigenvalue weighted by Gasteiger charge is 2.29. The van der Waals surface area contributed by atoms with Crippen LogP contribution in [0, 0.1) is 5.92 Å². The lowest BCUT2D eigenvalue weighted by molar-refractivity contribution is -0.126. The number of likely N-dealkylation sites (tertiary alicyclic amines) is 1. The van der Waals surface area contributed by atoms with Crippen LogP contribution < -0.4 is 15.4 Å². The lowest BCUT2D eigenvalue weighted by Gasteiger charge is -2.30. The predicted octanol–water partition coefficient (Wildman–Crippen LogP) is 2.80. The van der Waals surface area contributed by atoms with Crippen molar-refractivity contribution < 1.29 is 19.1 Å². The fourth-order valence-electron chi connectivity index (χ4n) is 4.54. The number of pyridine rings is 1. The molecule has 0 spiro atoms. The molecule has 5 rings (SSSR count). The van der Waals surface area contributed by atoms with Crippen molar-refractivity contribution in [1.82, 2.24) is 25.4 Å². The molecule has 3 aromatic rings. The third-order valence-corrected chi connectivity index (χ3v) is 6.84. The summed E-state index contributed by atoms with van der Waals surface area (Å²) in [6, 6.07) is 9.04. The Balaban J connectivity index is 1.14. The van der Waals surface area contributed by atoms with Crippen molar-refractivity contribution in [2.24, 2.45) is 5.92 Å². The summed E-state index contributed by atoms with van der Waals surface area (Å²) in [5, 5.41) is 13.2. The summed E-state index contributed by atoms with van der Waals surface area (Å²) < 4.78 is 5.15. The smallest absolute Gasteiger partial charge is 0.274 e. The number of ether oxygens (including phenoxy) is 1. The van der Waals surface area contributed by atoms with Gasteiger partial charge in [-0.25, -0.2) is 4.98 Å². The summed E-state index contributed by atoms with van der Waals surface area (Å²) in [7, 11) is 1.51. The molecule has 0 unspecified atom stereocenters. The highest BCUT2D eigenvalue weighted by Crippen LogP contribution is 2.29. The van der Waals surface area contributed by atoms with Gasteiger partial charge in [-0.05, 0) is 36.1 Å². The molecule has 186 valence electrons. The minimum absolute atomic E-state index is 0.0139. The third kappa shape index (κ3) is 4.90. The number of rotatable bonds is 6. The van der Waals surface area contributed by atoms with E-state index in [0.717, 1.165) is 16.8 Å². The van der Waals surface area contributed by atoms with Gasteiger partial charge in [0.1, 0.15) is 0 Å². The molecule has 2 aliphatic heterocycles. The molecule has 2 aromatic heterocycles. The molecule has 1 saturated heterocycles. The number of hydrogen-bond acceptors (Lipinski definition) is 6. The number of piperidine rings is 1. The number of H-pyrrole nitrogens is 1. The zero-order valence-electron chi connectivity index (χ0n) is 19.6. The fraction of sp³-hybridized carbons (Fsp3) is 0.320. The van der Waals surface area contributed by atoms with Crippen LogP contribution >= 0.6 is 11.6 Å². The normalized spacial score (nSPS) is 15.4. The number of fused-ring (bicyclic) bond motifs is 1. The summed E-state index contributed by atoms with van der Waals surface area (Å²) in [4.78, 5) is 43.0. The molecule has 10 nitrogen and oxygen atoms in total. The van der Waals surface area contributed by atoms with E-state index in [9.17, 15) is 14.4 Å². The van der Waals surface area contributed by atoms with Crippen LogP contribution in [0.2, 0.25) is 5.02 Å². The van der Waals surface area contributed by atoms with Crippen molar-refractivity contribution in [2.75, 3.05) is 25.5 Å². The third-order valence-electron chi connectivity index (χ3n) is 6.54. The van der Waals surface area contributed by atoms with Gasteiger partial charge in [0.15, 0.2) is 5.69 Å². The number of nitrogens with zero attached hydrogens (tertiary/aromatic N) is 3. The summed E-state index contributed by atoms with van der Waals surface area (Å²) in [5.74, 6) is -0.0000500. The number of anilines is 1. The molecule has 0 atom stereocenters. The van der Waals surface area contributed by atoms with Crippen LogP contribution in [0.4, 0.5) is 5.69 Å². The first-order valence-electron chi connectivity index (χ1n) is 11.6. The van der Waals surface area contributed by atoms with E-state index in [1.807, 2.05) is 18.2 Å². The second-order valence-electron chi connectivity index (χ2n) is 8.87. The van der Waals surface area contributed by atoms with Crippen molar-refractivity contribution in [2.45, 2.75) is 25.8 Å². The fourth-order valence-corrected chi connectivity index (χ4v) is 4.74. The minimum Gasteiger partial charge on any atom is -0.481 e. The SMILES string of the molecule is COc1cc(-c2cc(C(=O)N3CCC(C(=O)NCc4ccc5c(c4)CC(=O)N5)CC3)n[nH]2)c(Cl)cn1. The van der Waals surface area contributed by atoms with Gasteiger partial charge in [-0.3, -0.25) is 19.5 Å². The average molecular weight is 509 g/mol. The van der Waals surface area contributed by atoms with E-state index in [1.54, 1.807) is 17.0 Å². The molecule has 1 aromatic carbocycles. The molecule has 0 bridgehead atoms. The van der Waals surface area contributed by atoms with E-state index in [-0.39, 0.29) is 29.3 Å². The van der Waals surface area contributed by atoms with Crippen LogP contribution in [0.3, 0.4) is 0 Å². The Morgan fingerprint density at radius 2 is 2.03 bits per heavy atom. The quantitative estimate of drug-likeness (QED) is 0.469. The van der Waals surface area contributed by atoms with Gasteiger partial charge in [-0.1, -0.05) is 23.7 Å². The Hall–Kier alpha value is -3.92. The molecule has 3 amide bonds. The van der Waals surface area contributed by atoms with Crippen molar-refractivity contribution in [3.05, 3.63) is 58.4 Å². The molecular formula is C25H25ClN6O4. The number of aromatic nitrogens is 3. The van der Waals surface area contributed by atoms with Crippen LogP contribution in [-0.4, -0.2) is 58.0 Å². The molecule has 3 N–H and O–H groups in total. The van der Waals surface area contributed by atoms with Crippen LogP contribution in [0.1, 0.15) is 34.5 Å². The number of halogens is 1. The molecular weight excluding hydrogens is 484 g/mol. The van der Waals surface area contributed by atoms with E-state index in [0.29, 0.717) is 61.1 Å². The predicted molar refractivity (Wildman–Crippen MR) is 133 cm³/mol. The lowest BCUT2D eigenvalue weighted by Crippen LogP contribution is -2.43. The molecule has 36 heavy (non-hydrogen) atoms. The maximum Gasteiger partial charge on any atom is 0.274 e. The Labute approximate surface area is 212 Å². The maximum absolute atomic E-state index is 13.0. The van der Waals surface area contributed by atoms with Crippen LogP contribution in [0.5, 0.6) is 5.88 Å². The number of amides is 3. The van der Waals surface area contributed by atoms with Gasteiger partial charge in [0.05, 0.1) is 30.4 Å². The Morgan fingerprint density at radius 3 is 2.81 bits per heavy atom. The zero-order valence-corrected chi connectivity index (χ0v) is 20.4. The van der Waals surface area contributed by atoms with Gasteiger partial charge in [-0.2, -0.15) is 5.10 Å². The topological polar surface area (TPSA) is 129 Å². The van der Waals surface area contributed by atoms with Crippen molar-refractivity contribution >= 4 is 35.0 Å². The second-order valence-corrected chi connectivity index (χ2v) is 9.28. The molecule has 11 heteroatoms. The maximum atomic E-state index is 13.0. The molecule has 2 aliphatic rings. The first kappa shape index (κ1) is 23.8. The molecule has 0 radical (unpaired) electrons. The summed E-state index contributed by atoms with van der Waals surface area (Å²) in [6.45, 7) is 1.34. The van der Waals surface area contributed by atoms with Crippen LogP contribution in [-0.2, 0) is 22.6 Å².